The molecule has 32 heavy (non-hydrogen) atoms. The van der Waals surface area contributed by atoms with Crippen LogP contribution in [0, 0.1) is 32.6 Å². The van der Waals surface area contributed by atoms with Crippen LogP contribution in [0.15, 0.2) is 42.5 Å². The number of aryl methyl sites for hydroxylation is 3. The highest BCUT2D eigenvalue weighted by molar-refractivity contribution is 5.91. The SMILES string of the molecule is Cc1cc(C)c(NC(=O)N(Cc2ccccc2)[C@H]2CC[C@@H](C3CCCCC3)CC2)c(C)c1. The number of amides is 2. The van der Waals surface area contributed by atoms with E-state index in [9.17, 15) is 4.79 Å². The maximum absolute atomic E-state index is 13.6. The molecule has 3 nitrogen and oxygen atoms in total. The highest BCUT2D eigenvalue weighted by atomic mass is 16.2. The fourth-order valence-corrected chi connectivity index (χ4v) is 6.19. The van der Waals surface area contributed by atoms with Gasteiger partial charge in [0.25, 0.3) is 0 Å². The lowest BCUT2D eigenvalue weighted by atomic mass is 9.72. The Morgan fingerprint density at radius 1 is 0.844 bits per heavy atom. The molecule has 0 atom stereocenters. The first-order valence-electron chi connectivity index (χ1n) is 12.7. The molecule has 2 amide bonds. The van der Waals surface area contributed by atoms with Crippen LogP contribution in [0.5, 0.6) is 0 Å². The number of carbonyl (C=O) groups is 1. The highest BCUT2D eigenvalue weighted by Gasteiger charge is 2.33. The van der Waals surface area contributed by atoms with Crippen molar-refractivity contribution < 1.29 is 4.79 Å². The molecule has 2 aliphatic rings. The van der Waals surface area contributed by atoms with Crippen LogP contribution in [0.1, 0.15) is 80.0 Å². The van der Waals surface area contributed by atoms with Crippen molar-refractivity contribution in [3.05, 3.63) is 64.7 Å². The van der Waals surface area contributed by atoms with Crippen molar-refractivity contribution in [1.29, 1.82) is 0 Å². The molecule has 3 heteroatoms. The molecule has 2 aromatic rings. The van der Waals surface area contributed by atoms with E-state index in [2.05, 4.69) is 67.4 Å². The van der Waals surface area contributed by atoms with Gasteiger partial charge in [0, 0.05) is 18.3 Å². The minimum absolute atomic E-state index is 0.0463. The van der Waals surface area contributed by atoms with Crippen LogP contribution in [0.25, 0.3) is 0 Å². The lowest BCUT2D eigenvalue weighted by Gasteiger charge is -2.40. The monoisotopic (exact) mass is 432 g/mol. The van der Waals surface area contributed by atoms with Crippen molar-refractivity contribution in [2.45, 2.75) is 91.1 Å². The topological polar surface area (TPSA) is 32.3 Å². The van der Waals surface area contributed by atoms with Crippen molar-refractivity contribution in [2.24, 2.45) is 11.8 Å². The summed E-state index contributed by atoms with van der Waals surface area (Å²) < 4.78 is 0. The highest BCUT2D eigenvalue weighted by Crippen LogP contribution is 2.39. The van der Waals surface area contributed by atoms with Crippen LogP contribution in [0.2, 0.25) is 0 Å². The van der Waals surface area contributed by atoms with Crippen molar-refractivity contribution >= 4 is 11.7 Å². The van der Waals surface area contributed by atoms with Gasteiger partial charge in [-0.15, -0.1) is 0 Å². The zero-order valence-corrected chi connectivity index (χ0v) is 20.2. The fraction of sp³-hybridized carbons (Fsp3) is 0.552. The summed E-state index contributed by atoms with van der Waals surface area (Å²) in [6, 6.07) is 15.1. The first-order valence-corrected chi connectivity index (χ1v) is 12.7. The molecule has 172 valence electrons. The van der Waals surface area contributed by atoms with Gasteiger partial charge >= 0.3 is 6.03 Å². The van der Waals surface area contributed by atoms with Crippen LogP contribution in [0.4, 0.5) is 10.5 Å². The third-order valence-electron chi connectivity index (χ3n) is 7.86. The number of nitrogens with zero attached hydrogens (tertiary/aromatic N) is 1. The Kier molecular flexibility index (Phi) is 7.55. The summed E-state index contributed by atoms with van der Waals surface area (Å²) in [5, 5.41) is 3.28. The number of benzene rings is 2. The van der Waals surface area contributed by atoms with Gasteiger partial charge in [-0.2, -0.15) is 0 Å². The molecule has 0 spiro atoms. The second-order valence-electron chi connectivity index (χ2n) is 10.3. The molecule has 0 saturated heterocycles. The molecule has 0 radical (unpaired) electrons. The molecule has 0 heterocycles. The Labute approximate surface area is 194 Å². The van der Waals surface area contributed by atoms with E-state index in [4.69, 9.17) is 0 Å². The summed E-state index contributed by atoms with van der Waals surface area (Å²) in [6.45, 7) is 6.96. The average Bonchev–Trinajstić information content (AvgIpc) is 2.81. The van der Waals surface area contributed by atoms with E-state index < -0.39 is 0 Å². The van der Waals surface area contributed by atoms with Crippen LogP contribution < -0.4 is 5.32 Å². The normalized spacial score (nSPS) is 21.8. The molecule has 0 bridgehead atoms. The van der Waals surface area contributed by atoms with Gasteiger partial charge in [-0.05, 0) is 75.0 Å². The van der Waals surface area contributed by atoms with Crippen LogP contribution in [-0.4, -0.2) is 17.0 Å². The second kappa shape index (κ2) is 10.6. The Bertz CT molecular complexity index is 870. The Morgan fingerprint density at radius 3 is 2.06 bits per heavy atom. The third kappa shape index (κ3) is 5.54. The lowest BCUT2D eigenvalue weighted by molar-refractivity contribution is 0.120. The van der Waals surface area contributed by atoms with E-state index in [1.807, 2.05) is 6.07 Å². The molecule has 0 unspecified atom stereocenters. The summed E-state index contributed by atoms with van der Waals surface area (Å²) in [7, 11) is 0. The van der Waals surface area contributed by atoms with E-state index in [1.165, 1.54) is 56.1 Å². The molecule has 2 fully saturated rings. The van der Waals surface area contributed by atoms with Crippen molar-refractivity contribution in [3.63, 3.8) is 0 Å². The number of hydrogen-bond donors (Lipinski definition) is 1. The smallest absolute Gasteiger partial charge is 0.317 e. The first kappa shape index (κ1) is 22.9. The summed E-state index contributed by atoms with van der Waals surface area (Å²) in [5.41, 5.74) is 5.68. The molecular weight excluding hydrogens is 392 g/mol. The molecule has 0 aromatic heterocycles. The van der Waals surface area contributed by atoms with Crippen molar-refractivity contribution in [3.8, 4) is 0 Å². The molecule has 0 aliphatic heterocycles. The van der Waals surface area contributed by atoms with Crippen LogP contribution in [0.3, 0.4) is 0 Å². The van der Waals surface area contributed by atoms with Gasteiger partial charge in [0.1, 0.15) is 0 Å². The number of rotatable bonds is 5. The predicted molar refractivity (Wildman–Crippen MR) is 134 cm³/mol. The van der Waals surface area contributed by atoms with Crippen LogP contribution in [-0.2, 0) is 6.54 Å². The number of urea groups is 1. The van der Waals surface area contributed by atoms with Gasteiger partial charge in [-0.3, -0.25) is 0 Å². The zero-order chi connectivity index (χ0) is 22.5. The van der Waals surface area contributed by atoms with Gasteiger partial charge in [0.05, 0.1) is 0 Å². The first-order chi connectivity index (χ1) is 15.5. The summed E-state index contributed by atoms with van der Waals surface area (Å²) in [6.07, 6.45) is 11.9. The van der Waals surface area contributed by atoms with Gasteiger partial charge in [-0.25, -0.2) is 4.79 Å². The predicted octanol–water partition coefficient (Wildman–Crippen LogP) is 7.79. The standard InChI is InChI=1S/C29H40N2O/c1-21-18-22(2)28(23(3)19-21)30-29(32)31(20-24-10-6-4-7-11-24)27-16-14-26(15-17-27)25-12-8-5-9-13-25/h4,6-7,10-11,18-19,25-27H,5,8-9,12-17,20H2,1-3H3,(H,30,32)/t26-,27+. The molecule has 1 N–H and O–H groups in total. The Balaban J connectivity index is 1.48. The fourth-order valence-electron chi connectivity index (χ4n) is 6.19. The van der Waals surface area contributed by atoms with E-state index in [0.29, 0.717) is 12.6 Å². The number of hydrogen-bond acceptors (Lipinski definition) is 1. The number of anilines is 1. The number of nitrogens with one attached hydrogen (secondary N) is 1. The lowest BCUT2D eigenvalue weighted by Crippen LogP contribution is -2.44. The van der Waals surface area contributed by atoms with Crippen molar-refractivity contribution in [1.82, 2.24) is 4.90 Å². The maximum atomic E-state index is 13.6. The van der Waals surface area contributed by atoms with Gasteiger partial charge in [0.2, 0.25) is 0 Å². The zero-order valence-electron chi connectivity index (χ0n) is 20.2. The summed E-state index contributed by atoms with van der Waals surface area (Å²) in [4.78, 5) is 15.7. The summed E-state index contributed by atoms with van der Waals surface area (Å²) >= 11 is 0. The third-order valence-corrected chi connectivity index (χ3v) is 7.86. The minimum Gasteiger partial charge on any atom is -0.317 e. The molecule has 4 rings (SSSR count). The largest absolute Gasteiger partial charge is 0.322 e. The molecular formula is C29H40N2O. The maximum Gasteiger partial charge on any atom is 0.322 e. The van der Waals surface area contributed by atoms with E-state index in [-0.39, 0.29) is 6.03 Å². The Hall–Kier alpha value is -2.29. The van der Waals surface area contributed by atoms with E-state index in [0.717, 1.165) is 41.5 Å². The van der Waals surface area contributed by atoms with E-state index in [1.54, 1.807) is 0 Å². The quantitative estimate of drug-likeness (QED) is 0.514. The van der Waals surface area contributed by atoms with Gasteiger partial charge in [0.15, 0.2) is 0 Å². The second-order valence-corrected chi connectivity index (χ2v) is 10.3. The van der Waals surface area contributed by atoms with Crippen molar-refractivity contribution in [2.75, 3.05) is 5.32 Å². The summed E-state index contributed by atoms with van der Waals surface area (Å²) in [5.74, 6) is 1.80. The average molecular weight is 433 g/mol. The van der Waals surface area contributed by atoms with Gasteiger partial charge in [-0.1, -0.05) is 80.1 Å². The molecule has 2 aromatic carbocycles. The van der Waals surface area contributed by atoms with Gasteiger partial charge < -0.3 is 10.2 Å². The molecule has 2 aliphatic carbocycles. The minimum atomic E-state index is 0.0463. The van der Waals surface area contributed by atoms with E-state index >= 15 is 0 Å². The number of carbonyl (C=O) groups excluding carboxylic acids is 1. The Morgan fingerprint density at radius 2 is 1.44 bits per heavy atom. The molecule has 2 saturated carbocycles. The van der Waals surface area contributed by atoms with Crippen LogP contribution >= 0.6 is 0 Å².